The van der Waals surface area contributed by atoms with Crippen molar-refractivity contribution in [2.24, 2.45) is 5.92 Å². The Labute approximate surface area is 209 Å². The molecule has 2 heterocycles. The van der Waals surface area contributed by atoms with E-state index in [1.54, 1.807) is 31.3 Å². The summed E-state index contributed by atoms with van der Waals surface area (Å²) in [6.45, 7) is 4.36. The van der Waals surface area contributed by atoms with E-state index in [1.165, 1.54) is 13.1 Å². The largest absolute Gasteiger partial charge is 0.476 e. The molecule has 12 heteroatoms. The molecule has 0 saturated carbocycles. The number of nitrogens with one attached hydrogen (secondary N) is 2. The van der Waals surface area contributed by atoms with Gasteiger partial charge in [0.1, 0.15) is 17.4 Å². The Morgan fingerprint density at radius 2 is 2.03 bits per heavy atom. The molecule has 190 valence electrons. The second-order valence-corrected chi connectivity index (χ2v) is 10.2. The third kappa shape index (κ3) is 5.81. The van der Waals surface area contributed by atoms with Crippen LogP contribution in [0.4, 0.5) is 10.1 Å². The number of hydrogen-bond acceptors (Lipinski definition) is 8. The number of benzene rings is 2. The van der Waals surface area contributed by atoms with Crippen molar-refractivity contribution < 1.29 is 22.3 Å². The van der Waals surface area contributed by atoms with Crippen LogP contribution in [0, 0.1) is 23.1 Å². The van der Waals surface area contributed by atoms with E-state index in [1.807, 2.05) is 6.07 Å². The van der Waals surface area contributed by atoms with Crippen molar-refractivity contribution in [3.05, 3.63) is 47.9 Å². The van der Waals surface area contributed by atoms with Gasteiger partial charge in [-0.1, -0.05) is 6.92 Å². The van der Waals surface area contributed by atoms with E-state index in [-0.39, 0.29) is 23.5 Å². The van der Waals surface area contributed by atoms with Crippen LogP contribution in [-0.2, 0) is 10.2 Å². The molecule has 0 radical (unpaired) electrons. The van der Waals surface area contributed by atoms with Crippen molar-refractivity contribution in [2.45, 2.75) is 19.8 Å². The highest BCUT2D eigenvalue weighted by Gasteiger charge is 2.22. The summed E-state index contributed by atoms with van der Waals surface area (Å²) >= 11 is 0. The number of hydrogen-bond donors (Lipinski definition) is 2. The van der Waals surface area contributed by atoms with Gasteiger partial charge in [-0.15, -0.1) is 0 Å². The van der Waals surface area contributed by atoms with Gasteiger partial charge in [-0.2, -0.15) is 18.0 Å². The minimum Gasteiger partial charge on any atom is -0.476 e. The molecule has 0 spiro atoms. The molecular formula is C24H27FN6O4S. The van der Waals surface area contributed by atoms with Crippen LogP contribution in [0.15, 0.2) is 36.5 Å². The van der Waals surface area contributed by atoms with Crippen molar-refractivity contribution in [2.75, 3.05) is 38.0 Å². The number of fused-ring (bicyclic) bond motifs is 1. The number of halogens is 1. The summed E-state index contributed by atoms with van der Waals surface area (Å²) in [5.41, 5.74) is 0.675. The fraction of sp³-hybridized carbons (Fsp3) is 0.375. The van der Waals surface area contributed by atoms with Crippen LogP contribution in [0.2, 0.25) is 0 Å². The molecule has 36 heavy (non-hydrogen) atoms. The second kappa shape index (κ2) is 11.0. The molecule has 0 bridgehead atoms. The van der Waals surface area contributed by atoms with Crippen molar-refractivity contribution in [3.63, 3.8) is 0 Å². The summed E-state index contributed by atoms with van der Waals surface area (Å²) in [4.78, 5) is 8.85. The normalized spacial score (nSPS) is 14.5. The first-order chi connectivity index (χ1) is 17.3. The number of piperidine rings is 1. The average Bonchev–Trinajstić information content (AvgIpc) is 2.89. The van der Waals surface area contributed by atoms with Crippen molar-refractivity contribution in [3.8, 4) is 23.4 Å². The third-order valence-electron chi connectivity index (χ3n) is 5.95. The minimum absolute atomic E-state index is 0.0941. The average molecular weight is 515 g/mol. The Morgan fingerprint density at radius 3 is 2.75 bits per heavy atom. The van der Waals surface area contributed by atoms with Gasteiger partial charge in [-0.05, 0) is 56.1 Å². The number of anilines is 1. The first-order valence-electron chi connectivity index (χ1n) is 11.6. The van der Waals surface area contributed by atoms with E-state index < -0.39 is 21.8 Å². The lowest BCUT2D eigenvalue weighted by atomic mass is 9.99. The molecule has 0 amide bonds. The van der Waals surface area contributed by atoms with Gasteiger partial charge in [-0.3, -0.25) is 4.72 Å². The van der Waals surface area contributed by atoms with E-state index in [2.05, 4.69) is 20.0 Å². The van der Waals surface area contributed by atoms with Gasteiger partial charge in [0.15, 0.2) is 11.6 Å². The zero-order chi connectivity index (χ0) is 25.7. The predicted molar refractivity (Wildman–Crippen MR) is 133 cm³/mol. The SMILES string of the molecule is CCN(C)S(=O)(=O)Nc1ccc(F)c(Oc2ccc3ncc(OCC4CCNCC4)nc3c2)c1C#N. The highest BCUT2D eigenvalue weighted by molar-refractivity contribution is 7.90. The lowest BCUT2D eigenvalue weighted by Crippen LogP contribution is -2.32. The first kappa shape index (κ1) is 25.6. The van der Waals surface area contributed by atoms with Crippen molar-refractivity contribution >= 4 is 26.9 Å². The fourth-order valence-corrected chi connectivity index (χ4v) is 4.66. The standard InChI is InChI=1S/C24H27FN6O4S/c1-3-31(2)36(32,33)30-20-7-5-19(25)24(18(20)13-26)35-17-4-6-21-22(12-17)29-23(14-28-21)34-15-16-8-10-27-11-9-16/h4-7,12,14,16,27,30H,3,8-11,15H2,1-2H3. The Morgan fingerprint density at radius 1 is 1.25 bits per heavy atom. The molecule has 0 unspecified atom stereocenters. The Bertz CT molecular complexity index is 1390. The van der Waals surface area contributed by atoms with Crippen molar-refractivity contribution in [1.82, 2.24) is 19.6 Å². The Hall–Kier alpha value is -3.53. The summed E-state index contributed by atoms with van der Waals surface area (Å²) in [5.74, 6) is -0.189. The van der Waals surface area contributed by atoms with Gasteiger partial charge in [0.2, 0.25) is 5.88 Å². The predicted octanol–water partition coefficient (Wildman–Crippen LogP) is 3.42. The zero-order valence-electron chi connectivity index (χ0n) is 20.0. The highest BCUT2D eigenvalue weighted by atomic mass is 32.2. The van der Waals surface area contributed by atoms with Crippen LogP contribution in [-0.4, -0.2) is 56.0 Å². The van der Waals surface area contributed by atoms with Gasteiger partial charge < -0.3 is 14.8 Å². The number of nitrogens with zero attached hydrogens (tertiary/aromatic N) is 4. The lowest BCUT2D eigenvalue weighted by Gasteiger charge is -2.22. The summed E-state index contributed by atoms with van der Waals surface area (Å²) in [5, 5.41) is 13.0. The summed E-state index contributed by atoms with van der Waals surface area (Å²) in [7, 11) is -2.54. The summed E-state index contributed by atoms with van der Waals surface area (Å²) in [6.07, 6.45) is 3.63. The highest BCUT2D eigenvalue weighted by Crippen LogP contribution is 2.34. The molecular weight excluding hydrogens is 487 g/mol. The third-order valence-corrected chi connectivity index (χ3v) is 7.51. The van der Waals surface area contributed by atoms with Gasteiger partial charge in [0.25, 0.3) is 0 Å². The van der Waals surface area contributed by atoms with E-state index in [0.717, 1.165) is 36.3 Å². The van der Waals surface area contributed by atoms with Gasteiger partial charge in [0.05, 0.1) is 29.5 Å². The van der Waals surface area contributed by atoms with Crippen LogP contribution < -0.4 is 19.5 Å². The molecule has 1 fully saturated rings. The molecule has 1 aliphatic rings. The second-order valence-electron chi connectivity index (χ2n) is 8.40. The molecule has 0 atom stereocenters. The molecule has 2 N–H and O–H groups in total. The quantitative estimate of drug-likeness (QED) is 0.444. The van der Waals surface area contributed by atoms with Crippen LogP contribution in [0.5, 0.6) is 17.4 Å². The number of aromatic nitrogens is 2. The summed E-state index contributed by atoms with van der Waals surface area (Å²) in [6, 6.07) is 8.83. The Balaban J connectivity index is 1.58. The van der Waals surface area contributed by atoms with E-state index >= 15 is 0 Å². The molecule has 3 aromatic rings. The number of rotatable bonds is 9. The molecule has 1 aliphatic heterocycles. The van der Waals surface area contributed by atoms with Gasteiger partial charge in [0, 0.05) is 19.7 Å². The maximum absolute atomic E-state index is 14.7. The summed E-state index contributed by atoms with van der Waals surface area (Å²) < 4.78 is 54.5. The van der Waals surface area contributed by atoms with Crippen LogP contribution in [0.1, 0.15) is 25.3 Å². The fourth-order valence-electron chi connectivity index (χ4n) is 3.72. The molecule has 2 aromatic carbocycles. The monoisotopic (exact) mass is 514 g/mol. The van der Waals surface area contributed by atoms with E-state index in [0.29, 0.717) is 29.4 Å². The molecule has 10 nitrogen and oxygen atoms in total. The van der Waals surface area contributed by atoms with E-state index in [4.69, 9.17) is 9.47 Å². The first-order valence-corrected chi connectivity index (χ1v) is 13.0. The molecule has 0 aliphatic carbocycles. The topological polar surface area (TPSA) is 129 Å². The molecule has 4 rings (SSSR count). The van der Waals surface area contributed by atoms with Crippen molar-refractivity contribution in [1.29, 1.82) is 5.26 Å². The van der Waals surface area contributed by atoms with Crippen LogP contribution in [0.25, 0.3) is 11.0 Å². The van der Waals surface area contributed by atoms with Crippen LogP contribution in [0.3, 0.4) is 0 Å². The van der Waals surface area contributed by atoms with Crippen LogP contribution >= 0.6 is 0 Å². The van der Waals surface area contributed by atoms with Gasteiger partial charge >= 0.3 is 10.2 Å². The Kier molecular flexibility index (Phi) is 7.83. The number of ether oxygens (including phenoxy) is 2. The smallest absolute Gasteiger partial charge is 0.301 e. The zero-order valence-corrected chi connectivity index (χ0v) is 20.8. The maximum atomic E-state index is 14.7. The van der Waals surface area contributed by atoms with Gasteiger partial charge in [-0.25, -0.2) is 14.4 Å². The minimum atomic E-state index is -3.93. The van der Waals surface area contributed by atoms with E-state index in [9.17, 15) is 18.1 Å². The number of nitriles is 1. The molecule has 1 aromatic heterocycles. The maximum Gasteiger partial charge on any atom is 0.301 e. The molecule has 1 saturated heterocycles. The lowest BCUT2D eigenvalue weighted by molar-refractivity contribution is 0.209.